The SMILES string of the molecule is C=CCn1c(SCC(=O)O)nc2sc3c(c2c1=O)CC(C)CC3. The highest BCUT2D eigenvalue weighted by molar-refractivity contribution is 7.99. The number of allylic oxidation sites excluding steroid dienone is 1. The Morgan fingerprint density at radius 2 is 2.39 bits per heavy atom. The highest BCUT2D eigenvalue weighted by atomic mass is 32.2. The van der Waals surface area contributed by atoms with Crippen LogP contribution in [0.4, 0.5) is 0 Å². The number of carboxylic acid groups (broad SMARTS) is 1. The van der Waals surface area contributed by atoms with Gasteiger partial charge in [0.15, 0.2) is 5.16 Å². The molecular weight excluding hydrogens is 332 g/mol. The average Bonchev–Trinajstić information content (AvgIpc) is 2.86. The number of thioether (sulfide) groups is 1. The van der Waals surface area contributed by atoms with E-state index in [0.29, 0.717) is 17.6 Å². The van der Waals surface area contributed by atoms with Crippen LogP contribution in [0.5, 0.6) is 0 Å². The number of carboxylic acids is 1. The summed E-state index contributed by atoms with van der Waals surface area (Å²) in [5, 5.41) is 10.1. The molecule has 0 amide bonds. The molecule has 0 spiro atoms. The first-order valence-electron chi connectivity index (χ1n) is 7.51. The second kappa shape index (κ2) is 6.49. The number of nitrogens with zero attached hydrogens (tertiary/aromatic N) is 2. The van der Waals surface area contributed by atoms with E-state index in [4.69, 9.17) is 5.11 Å². The normalized spacial score (nSPS) is 17.2. The van der Waals surface area contributed by atoms with Crippen LogP contribution in [0, 0.1) is 5.92 Å². The lowest BCUT2D eigenvalue weighted by molar-refractivity contribution is -0.133. The summed E-state index contributed by atoms with van der Waals surface area (Å²) in [6.07, 6.45) is 4.69. The van der Waals surface area contributed by atoms with Gasteiger partial charge in [0.2, 0.25) is 0 Å². The Kier molecular flexibility index (Phi) is 4.59. The predicted molar refractivity (Wildman–Crippen MR) is 93.6 cm³/mol. The van der Waals surface area contributed by atoms with E-state index >= 15 is 0 Å². The predicted octanol–water partition coefficient (Wildman–Crippen LogP) is 2.95. The Balaban J connectivity index is 2.18. The molecule has 0 saturated carbocycles. The maximum absolute atomic E-state index is 12.9. The molecule has 0 saturated heterocycles. The maximum Gasteiger partial charge on any atom is 0.313 e. The molecule has 0 aliphatic heterocycles. The second-order valence-corrected chi connectivity index (χ2v) is 7.84. The van der Waals surface area contributed by atoms with E-state index in [-0.39, 0.29) is 11.3 Å². The zero-order valence-electron chi connectivity index (χ0n) is 12.9. The van der Waals surface area contributed by atoms with Gasteiger partial charge in [-0.1, -0.05) is 24.8 Å². The van der Waals surface area contributed by atoms with Crippen molar-refractivity contribution in [3.8, 4) is 0 Å². The van der Waals surface area contributed by atoms with Crippen LogP contribution in [0.2, 0.25) is 0 Å². The van der Waals surface area contributed by atoms with Crippen LogP contribution in [0.3, 0.4) is 0 Å². The Morgan fingerprint density at radius 1 is 1.61 bits per heavy atom. The number of thiophene rings is 1. The molecule has 23 heavy (non-hydrogen) atoms. The van der Waals surface area contributed by atoms with Gasteiger partial charge >= 0.3 is 5.97 Å². The van der Waals surface area contributed by atoms with Crippen molar-refractivity contribution in [1.82, 2.24) is 9.55 Å². The molecule has 122 valence electrons. The van der Waals surface area contributed by atoms with Gasteiger partial charge in [-0.2, -0.15) is 0 Å². The summed E-state index contributed by atoms with van der Waals surface area (Å²) in [5.74, 6) is -0.459. The summed E-state index contributed by atoms with van der Waals surface area (Å²) >= 11 is 2.66. The van der Waals surface area contributed by atoms with Gasteiger partial charge in [0.25, 0.3) is 5.56 Å². The molecule has 1 unspecified atom stereocenters. The topological polar surface area (TPSA) is 72.2 Å². The third-order valence-corrected chi connectivity index (χ3v) is 6.16. The number of rotatable bonds is 5. The zero-order valence-corrected chi connectivity index (χ0v) is 14.5. The molecule has 0 fully saturated rings. The molecule has 1 N–H and O–H groups in total. The fraction of sp³-hybridized carbons (Fsp3) is 0.438. The van der Waals surface area contributed by atoms with E-state index in [1.54, 1.807) is 17.4 Å². The number of hydrogen-bond donors (Lipinski definition) is 1. The molecule has 1 aliphatic carbocycles. The molecule has 0 radical (unpaired) electrons. The van der Waals surface area contributed by atoms with Gasteiger partial charge in [-0.25, -0.2) is 4.98 Å². The highest BCUT2D eigenvalue weighted by Gasteiger charge is 2.24. The Bertz CT molecular complexity index is 838. The van der Waals surface area contributed by atoms with Gasteiger partial charge in [0, 0.05) is 11.4 Å². The van der Waals surface area contributed by atoms with Crippen molar-refractivity contribution in [2.45, 2.75) is 37.9 Å². The number of aryl methyl sites for hydroxylation is 1. The lowest BCUT2D eigenvalue weighted by Crippen LogP contribution is -2.24. The first-order chi connectivity index (χ1) is 11.0. The Hall–Kier alpha value is -1.60. The van der Waals surface area contributed by atoms with E-state index in [9.17, 15) is 9.59 Å². The number of carbonyl (C=O) groups is 1. The number of hydrogen-bond acceptors (Lipinski definition) is 5. The van der Waals surface area contributed by atoms with Crippen molar-refractivity contribution in [1.29, 1.82) is 0 Å². The quantitative estimate of drug-likeness (QED) is 0.510. The minimum absolute atomic E-state index is 0.0746. The van der Waals surface area contributed by atoms with E-state index in [1.807, 2.05) is 0 Å². The molecule has 2 aromatic heterocycles. The molecule has 7 heteroatoms. The van der Waals surface area contributed by atoms with Crippen LogP contribution in [0.1, 0.15) is 23.8 Å². The van der Waals surface area contributed by atoms with Gasteiger partial charge in [-0.15, -0.1) is 17.9 Å². The molecule has 1 atom stereocenters. The van der Waals surface area contributed by atoms with Crippen molar-refractivity contribution in [3.63, 3.8) is 0 Å². The summed E-state index contributed by atoms with van der Waals surface area (Å²) in [6.45, 7) is 6.23. The van der Waals surface area contributed by atoms with Gasteiger partial charge in [0.05, 0.1) is 11.1 Å². The maximum atomic E-state index is 12.9. The first-order valence-corrected chi connectivity index (χ1v) is 9.32. The number of fused-ring (bicyclic) bond motifs is 3. The van der Waals surface area contributed by atoms with Gasteiger partial charge in [-0.3, -0.25) is 14.2 Å². The first kappa shape index (κ1) is 16.3. The highest BCUT2D eigenvalue weighted by Crippen LogP contribution is 2.36. The Labute approximate surface area is 142 Å². The minimum Gasteiger partial charge on any atom is -0.481 e. The van der Waals surface area contributed by atoms with Crippen molar-refractivity contribution in [2.75, 3.05) is 5.75 Å². The third-order valence-electron chi connectivity index (χ3n) is 4.01. The van der Waals surface area contributed by atoms with Crippen LogP contribution in [-0.4, -0.2) is 26.4 Å². The van der Waals surface area contributed by atoms with Crippen molar-refractivity contribution in [2.24, 2.45) is 5.92 Å². The lowest BCUT2D eigenvalue weighted by atomic mass is 9.89. The molecule has 1 aliphatic rings. The van der Waals surface area contributed by atoms with Crippen LogP contribution < -0.4 is 5.56 Å². The molecule has 0 bridgehead atoms. The van der Waals surface area contributed by atoms with Crippen LogP contribution in [-0.2, 0) is 24.2 Å². The van der Waals surface area contributed by atoms with Gasteiger partial charge in [-0.05, 0) is 30.7 Å². The standard InChI is InChI=1S/C16H18N2O3S2/c1-3-6-18-15(21)13-10-7-9(2)4-5-11(10)23-14(13)17-16(18)22-8-12(19)20/h3,9H,1,4-8H2,2H3,(H,19,20). The second-order valence-electron chi connectivity index (χ2n) is 5.81. The van der Waals surface area contributed by atoms with Crippen LogP contribution in [0.15, 0.2) is 22.6 Å². The summed E-state index contributed by atoms with van der Waals surface area (Å²) in [5.41, 5.74) is 1.07. The van der Waals surface area contributed by atoms with E-state index in [2.05, 4.69) is 18.5 Å². The average molecular weight is 350 g/mol. The van der Waals surface area contributed by atoms with Crippen LogP contribution >= 0.6 is 23.1 Å². The van der Waals surface area contributed by atoms with Gasteiger partial charge in [0.1, 0.15) is 4.83 Å². The number of aliphatic carboxylic acids is 1. The van der Waals surface area contributed by atoms with E-state index in [1.165, 1.54) is 9.44 Å². The van der Waals surface area contributed by atoms with E-state index < -0.39 is 5.97 Å². The molecule has 5 nitrogen and oxygen atoms in total. The van der Waals surface area contributed by atoms with Crippen LogP contribution in [0.25, 0.3) is 10.2 Å². The summed E-state index contributed by atoms with van der Waals surface area (Å²) in [6, 6.07) is 0. The summed E-state index contributed by atoms with van der Waals surface area (Å²) < 4.78 is 1.54. The summed E-state index contributed by atoms with van der Waals surface area (Å²) in [7, 11) is 0. The third kappa shape index (κ3) is 3.07. The summed E-state index contributed by atoms with van der Waals surface area (Å²) in [4.78, 5) is 30.4. The van der Waals surface area contributed by atoms with Crippen molar-refractivity contribution < 1.29 is 9.90 Å². The fourth-order valence-corrected chi connectivity index (χ4v) is 4.92. The monoisotopic (exact) mass is 350 g/mol. The van der Waals surface area contributed by atoms with Gasteiger partial charge < -0.3 is 5.11 Å². The lowest BCUT2D eigenvalue weighted by Gasteiger charge is -2.18. The van der Waals surface area contributed by atoms with Crippen molar-refractivity contribution >= 4 is 39.3 Å². The number of aromatic nitrogens is 2. The molecule has 0 aromatic carbocycles. The smallest absolute Gasteiger partial charge is 0.313 e. The van der Waals surface area contributed by atoms with E-state index in [0.717, 1.165) is 46.8 Å². The molecule has 2 heterocycles. The minimum atomic E-state index is -0.922. The largest absolute Gasteiger partial charge is 0.481 e. The molecule has 2 aromatic rings. The molecule has 3 rings (SSSR count). The zero-order chi connectivity index (χ0) is 16.6. The van der Waals surface area contributed by atoms with Crippen molar-refractivity contribution in [3.05, 3.63) is 33.4 Å². The fourth-order valence-electron chi connectivity index (χ4n) is 2.94. The Morgan fingerprint density at radius 3 is 3.09 bits per heavy atom. The molecular formula is C16H18N2O3S2.